The summed E-state index contributed by atoms with van der Waals surface area (Å²) >= 11 is 3.48. The zero-order valence-electron chi connectivity index (χ0n) is 10.8. The van der Waals surface area contributed by atoms with E-state index in [-0.39, 0.29) is 0 Å². The van der Waals surface area contributed by atoms with Crippen LogP contribution in [0.4, 0.5) is 0 Å². The highest BCUT2D eigenvalue weighted by Crippen LogP contribution is 2.33. The van der Waals surface area contributed by atoms with Crippen LogP contribution in [0.25, 0.3) is 0 Å². The molecule has 0 spiro atoms. The second kappa shape index (κ2) is 6.41. The summed E-state index contributed by atoms with van der Waals surface area (Å²) in [4.78, 5) is 2.42. The molecule has 1 aromatic rings. The van der Waals surface area contributed by atoms with E-state index in [0.717, 1.165) is 48.7 Å². The van der Waals surface area contributed by atoms with E-state index in [9.17, 15) is 0 Å². The molecule has 0 saturated carbocycles. The number of hydrogen-bond donors (Lipinski definition) is 1. The van der Waals surface area contributed by atoms with Crippen molar-refractivity contribution in [2.45, 2.75) is 6.54 Å². The Kier molecular flexibility index (Phi) is 4.86. The predicted octanol–water partition coefficient (Wildman–Crippen LogP) is 1.87. The van der Waals surface area contributed by atoms with E-state index < -0.39 is 0 Å². The molecule has 100 valence electrons. The molecule has 2 rings (SSSR count). The fourth-order valence-electron chi connectivity index (χ4n) is 2.16. The van der Waals surface area contributed by atoms with Crippen LogP contribution in [0.2, 0.25) is 0 Å². The number of methoxy groups -OCH3 is 2. The van der Waals surface area contributed by atoms with Gasteiger partial charge in [0.15, 0.2) is 0 Å². The fraction of sp³-hybridized carbons (Fsp3) is 0.538. The first-order valence-electron chi connectivity index (χ1n) is 6.08. The molecule has 0 radical (unpaired) electrons. The van der Waals surface area contributed by atoms with Gasteiger partial charge in [0.25, 0.3) is 0 Å². The van der Waals surface area contributed by atoms with Gasteiger partial charge in [-0.3, -0.25) is 4.90 Å². The zero-order chi connectivity index (χ0) is 13.0. The quantitative estimate of drug-likeness (QED) is 0.920. The van der Waals surface area contributed by atoms with E-state index in [0.29, 0.717) is 0 Å². The molecular weight excluding hydrogens is 296 g/mol. The molecule has 4 nitrogen and oxygen atoms in total. The molecular formula is C13H19BrN2O2. The van der Waals surface area contributed by atoms with Gasteiger partial charge in [-0.25, -0.2) is 0 Å². The number of nitrogens with one attached hydrogen (secondary N) is 1. The lowest BCUT2D eigenvalue weighted by atomic mass is 10.1. The summed E-state index contributed by atoms with van der Waals surface area (Å²) in [6.07, 6.45) is 0. The molecule has 0 aromatic heterocycles. The minimum Gasteiger partial charge on any atom is -0.496 e. The van der Waals surface area contributed by atoms with Gasteiger partial charge in [-0.2, -0.15) is 0 Å². The Morgan fingerprint density at radius 3 is 2.44 bits per heavy atom. The molecule has 0 amide bonds. The Morgan fingerprint density at radius 1 is 1.17 bits per heavy atom. The molecule has 1 aromatic carbocycles. The minimum absolute atomic E-state index is 0.848. The standard InChI is InChI=1S/C13H19BrN2O2/c1-17-12-8-11(14)13(18-2)7-10(12)9-16-5-3-15-4-6-16/h7-8,15H,3-6,9H2,1-2H3. The van der Waals surface area contributed by atoms with Gasteiger partial charge in [-0.05, 0) is 28.1 Å². The molecule has 1 heterocycles. The van der Waals surface area contributed by atoms with E-state index in [1.165, 1.54) is 5.56 Å². The highest BCUT2D eigenvalue weighted by Gasteiger charge is 2.15. The van der Waals surface area contributed by atoms with Gasteiger partial charge < -0.3 is 14.8 Å². The van der Waals surface area contributed by atoms with Gasteiger partial charge in [0.2, 0.25) is 0 Å². The third-order valence-electron chi connectivity index (χ3n) is 3.16. The van der Waals surface area contributed by atoms with Crippen molar-refractivity contribution in [1.82, 2.24) is 10.2 Å². The van der Waals surface area contributed by atoms with Gasteiger partial charge in [-0.1, -0.05) is 0 Å². The lowest BCUT2D eigenvalue weighted by Crippen LogP contribution is -2.42. The number of halogens is 1. The molecule has 18 heavy (non-hydrogen) atoms. The van der Waals surface area contributed by atoms with E-state index in [1.54, 1.807) is 14.2 Å². The predicted molar refractivity (Wildman–Crippen MR) is 75.4 cm³/mol. The molecule has 1 fully saturated rings. The van der Waals surface area contributed by atoms with E-state index >= 15 is 0 Å². The maximum Gasteiger partial charge on any atom is 0.133 e. The zero-order valence-corrected chi connectivity index (χ0v) is 12.4. The van der Waals surface area contributed by atoms with E-state index in [1.807, 2.05) is 12.1 Å². The SMILES string of the molecule is COc1cc(CN2CCNCC2)c(OC)cc1Br. The van der Waals surface area contributed by atoms with Gasteiger partial charge in [0.05, 0.1) is 18.7 Å². The number of hydrogen-bond acceptors (Lipinski definition) is 4. The minimum atomic E-state index is 0.848. The second-order valence-electron chi connectivity index (χ2n) is 4.32. The summed E-state index contributed by atoms with van der Waals surface area (Å²) in [6.45, 7) is 5.14. The third kappa shape index (κ3) is 3.16. The van der Waals surface area contributed by atoms with Crippen LogP contribution in [-0.4, -0.2) is 45.3 Å². The van der Waals surface area contributed by atoms with Crippen LogP contribution >= 0.6 is 15.9 Å². The number of benzene rings is 1. The molecule has 0 unspecified atom stereocenters. The highest BCUT2D eigenvalue weighted by molar-refractivity contribution is 9.10. The summed E-state index contributed by atoms with van der Waals surface area (Å²) in [6, 6.07) is 4.02. The highest BCUT2D eigenvalue weighted by atomic mass is 79.9. The molecule has 0 aliphatic carbocycles. The molecule has 1 aliphatic heterocycles. The Bertz CT molecular complexity index is 406. The molecule has 1 aliphatic rings. The van der Waals surface area contributed by atoms with Crippen molar-refractivity contribution in [3.63, 3.8) is 0 Å². The number of ether oxygens (including phenoxy) is 2. The molecule has 5 heteroatoms. The fourth-order valence-corrected chi connectivity index (χ4v) is 2.64. The third-order valence-corrected chi connectivity index (χ3v) is 3.78. The Labute approximate surface area is 116 Å². The topological polar surface area (TPSA) is 33.7 Å². The normalized spacial score (nSPS) is 16.6. The van der Waals surface area contributed by atoms with Crippen molar-refractivity contribution in [2.75, 3.05) is 40.4 Å². The average Bonchev–Trinajstić information content (AvgIpc) is 2.41. The molecule has 1 N–H and O–H groups in total. The van der Waals surface area contributed by atoms with Crippen molar-refractivity contribution in [2.24, 2.45) is 0 Å². The summed E-state index contributed by atoms with van der Waals surface area (Å²) in [5.74, 6) is 1.75. The summed E-state index contributed by atoms with van der Waals surface area (Å²) in [7, 11) is 3.39. The largest absolute Gasteiger partial charge is 0.496 e. The average molecular weight is 315 g/mol. The van der Waals surface area contributed by atoms with Crippen molar-refractivity contribution < 1.29 is 9.47 Å². The van der Waals surface area contributed by atoms with E-state index in [2.05, 4.69) is 26.1 Å². The van der Waals surface area contributed by atoms with Gasteiger partial charge in [-0.15, -0.1) is 0 Å². The van der Waals surface area contributed by atoms with E-state index in [4.69, 9.17) is 9.47 Å². The van der Waals surface area contributed by atoms with Crippen LogP contribution in [0, 0.1) is 0 Å². The monoisotopic (exact) mass is 314 g/mol. The first-order chi connectivity index (χ1) is 8.74. The molecule has 1 saturated heterocycles. The maximum atomic E-state index is 5.44. The van der Waals surface area contributed by atoms with Crippen molar-refractivity contribution in [3.05, 3.63) is 22.2 Å². The Balaban J connectivity index is 2.18. The van der Waals surface area contributed by atoms with Gasteiger partial charge in [0.1, 0.15) is 11.5 Å². The van der Waals surface area contributed by atoms with Crippen molar-refractivity contribution in [1.29, 1.82) is 0 Å². The first-order valence-corrected chi connectivity index (χ1v) is 6.87. The summed E-state index contributed by atoms with van der Waals surface area (Å²) < 4.78 is 11.7. The first kappa shape index (κ1) is 13.6. The van der Waals surface area contributed by atoms with Crippen LogP contribution in [0.15, 0.2) is 16.6 Å². The van der Waals surface area contributed by atoms with Crippen LogP contribution in [0.1, 0.15) is 5.56 Å². The summed E-state index contributed by atoms with van der Waals surface area (Å²) in [5.41, 5.74) is 1.17. The smallest absolute Gasteiger partial charge is 0.133 e. The number of piperazine rings is 1. The lowest BCUT2D eigenvalue weighted by molar-refractivity contribution is 0.229. The van der Waals surface area contributed by atoms with Gasteiger partial charge in [0, 0.05) is 38.3 Å². The maximum absolute atomic E-state index is 5.44. The van der Waals surface area contributed by atoms with Crippen LogP contribution in [0.3, 0.4) is 0 Å². The van der Waals surface area contributed by atoms with Crippen LogP contribution in [0.5, 0.6) is 11.5 Å². The lowest BCUT2D eigenvalue weighted by Gasteiger charge is -2.28. The summed E-state index contributed by atoms with van der Waals surface area (Å²) in [5, 5.41) is 3.36. The van der Waals surface area contributed by atoms with Crippen molar-refractivity contribution in [3.8, 4) is 11.5 Å². The molecule has 0 atom stereocenters. The van der Waals surface area contributed by atoms with Gasteiger partial charge >= 0.3 is 0 Å². The van der Waals surface area contributed by atoms with Crippen molar-refractivity contribution >= 4 is 15.9 Å². The Hall–Kier alpha value is -0.780. The van der Waals surface area contributed by atoms with Crippen LogP contribution in [-0.2, 0) is 6.54 Å². The number of rotatable bonds is 4. The number of nitrogens with zero attached hydrogens (tertiary/aromatic N) is 1. The van der Waals surface area contributed by atoms with Crippen LogP contribution < -0.4 is 14.8 Å². The molecule has 0 bridgehead atoms. The second-order valence-corrected chi connectivity index (χ2v) is 5.18. The Morgan fingerprint density at radius 2 is 1.83 bits per heavy atom.